The smallest absolute Gasteiger partial charge is 0.258 e. The van der Waals surface area contributed by atoms with Crippen LogP contribution in [0.15, 0.2) is 53.1 Å². The maximum absolute atomic E-state index is 12.8. The molecule has 1 aromatic heterocycles. The molecule has 0 atom stereocenters. The molecule has 5 heteroatoms. The topological polar surface area (TPSA) is 59.2 Å². The van der Waals surface area contributed by atoms with Gasteiger partial charge in [0, 0.05) is 12.0 Å². The molecule has 100 valence electrons. The Kier molecular flexibility index (Phi) is 3.16. The van der Waals surface area contributed by atoms with Crippen LogP contribution in [0.2, 0.25) is 0 Å². The number of halogens is 1. The summed E-state index contributed by atoms with van der Waals surface area (Å²) in [6.07, 6.45) is 0.461. The summed E-state index contributed by atoms with van der Waals surface area (Å²) in [6, 6.07) is 12.7. The molecule has 1 heterocycles. The van der Waals surface area contributed by atoms with Gasteiger partial charge in [-0.25, -0.2) is 4.39 Å². The van der Waals surface area contributed by atoms with Crippen LogP contribution in [0.25, 0.3) is 11.5 Å². The number of hydrogen-bond donors (Lipinski definition) is 1. The number of hydrogen-bond acceptors (Lipinski definition) is 4. The van der Waals surface area contributed by atoms with Crippen molar-refractivity contribution in [3.05, 3.63) is 65.7 Å². The van der Waals surface area contributed by atoms with Crippen molar-refractivity contribution in [3.8, 4) is 17.2 Å². The van der Waals surface area contributed by atoms with Gasteiger partial charge in [-0.05, 0) is 35.9 Å². The maximum atomic E-state index is 12.8. The number of benzene rings is 2. The molecule has 0 saturated heterocycles. The molecule has 0 saturated carbocycles. The molecule has 0 spiro atoms. The van der Waals surface area contributed by atoms with Crippen LogP contribution in [0.1, 0.15) is 11.4 Å². The first kappa shape index (κ1) is 12.3. The third-order valence-corrected chi connectivity index (χ3v) is 2.84. The standard InChI is InChI=1S/C15H11FN2O2/c16-12-6-4-10(5-7-12)8-14-17-15(20-18-14)11-2-1-3-13(19)9-11/h1-7,9,19H,8H2. The Morgan fingerprint density at radius 2 is 1.90 bits per heavy atom. The minimum Gasteiger partial charge on any atom is -0.508 e. The van der Waals surface area contributed by atoms with E-state index in [0.717, 1.165) is 5.56 Å². The highest BCUT2D eigenvalue weighted by Crippen LogP contribution is 2.21. The highest BCUT2D eigenvalue weighted by Gasteiger charge is 2.09. The average molecular weight is 270 g/mol. The van der Waals surface area contributed by atoms with E-state index in [2.05, 4.69) is 10.1 Å². The Balaban J connectivity index is 1.82. The van der Waals surface area contributed by atoms with Crippen molar-refractivity contribution in [3.63, 3.8) is 0 Å². The van der Waals surface area contributed by atoms with Crippen molar-refractivity contribution >= 4 is 0 Å². The minimum absolute atomic E-state index is 0.140. The van der Waals surface area contributed by atoms with Crippen molar-refractivity contribution in [2.24, 2.45) is 0 Å². The van der Waals surface area contributed by atoms with Gasteiger partial charge in [0.25, 0.3) is 5.89 Å². The lowest BCUT2D eigenvalue weighted by atomic mass is 10.1. The quantitative estimate of drug-likeness (QED) is 0.794. The van der Waals surface area contributed by atoms with Crippen molar-refractivity contribution in [1.29, 1.82) is 0 Å². The molecule has 0 bridgehead atoms. The van der Waals surface area contributed by atoms with E-state index in [4.69, 9.17) is 4.52 Å². The molecule has 0 radical (unpaired) electrons. The predicted molar refractivity (Wildman–Crippen MR) is 70.6 cm³/mol. The molecule has 1 N–H and O–H groups in total. The second kappa shape index (κ2) is 5.13. The monoisotopic (exact) mass is 270 g/mol. The fraction of sp³-hybridized carbons (Fsp3) is 0.0667. The Hall–Kier alpha value is -2.69. The van der Waals surface area contributed by atoms with Crippen molar-refractivity contribution in [2.45, 2.75) is 6.42 Å². The number of nitrogens with zero attached hydrogens (tertiary/aromatic N) is 2. The molecule has 3 rings (SSSR count). The Morgan fingerprint density at radius 1 is 1.10 bits per heavy atom. The normalized spacial score (nSPS) is 10.7. The summed E-state index contributed by atoms with van der Waals surface area (Å²) in [4.78, 5) is 4.26. The highest BCUT2D eigenvalue weighted by molar-refractivity contribution is 5.55. The molecule has 0 unspecified atom stereocenters. The third-order valence-electron chi connectivity index (χ3n) is 2.84. The summed E-state index contributed by atoms with van der Waals surface area (Å²) in [7, 11) is 0. The van der Waals surface area contributed by atoms with Gasteiger partial charge in [0.15, 0.2) is 5.82 Å². The van der Waals surface area contributed by atoms with E-state index in [1.807, 2.05) is 0 Å². The van der Waals surface area contributed by atoms with Gasteiger partial charge in [-0.2, -0.15) is 4.98 Å². The average Bonchev–Trinajstić information content (AvgIpc) is 2.90. The van der Waals surface area contributed by atoms with Gasteiger partial charge in [-0.1, -0.05) is 23.4 Å². The molecule has 0 amide bonds. The third kappa shape index (κ3) is 2.66. The van der Waals surface area contributed by atoms with Crippen LogP contribution in [0.5, 0.6) is 5.75 Å². The van der Waals surface area contributed by atoms with E-state index in [1.54, 1.807) is 36.4 Å². The first-order valence-electron chi connectivity index (χ1n) is 6.07. The van der Waals surface area contributed by atoms with Gasteiger partial charge in [-0.15, -0.1) is 0 Å². The molecule has 20 heavy (non-hydrogen) atoms. The van der Waals surface area contributed by atoms with Gasteiger partial charge in [0.1, 0.15) is 11.6 Å². The first-order chi connectivity index (χ1) is 9.70. The number of rotatable bonds is 3. The van der Waals surface area contributed by atoms with E-state index < -0.39 is 0 Å². The molecular formula is C15H11FN2O2. The van der Waals surface area contributed by atoms with Crippen LogP contribution in [0.4, 0.5) is 4.39 Å². The van der Waals surface area contributed by atoms with Gasteiger partial charge >= 0.3 is 0 Å². The second-order valence-corrected chi connectivity index (χ2v) is 4.37. The fourth-order valence-electron chi connectivity index (χ4n) is 1.87. The molecule has 0 aliphatic rings. The van der Waals surface area contributed by atoms with E-state index >= 15 is 0 Å². The van der Waals surface area contributed by atoms with Gasteiger partial charge in [0.2, 0.25) is 0 Å². The number of phenolic OH excluding ortho intramolecular Hbond substituents is 1. The SMILES string of the molecule is Oc1cccc(-c2nc(Cc3ccc(F)cc3)no2)c1. The maximum Gasteiger partial charge on any atom is 0.258 e. The molecule has 2 aromatic carbocycles. The predicted octanol–water partition coefficient (Wildman–Crippen LogP) is 3.17. The van der Waals surface area contributed by atoms with Crippen molar-refractivity contribution in [1.82, 2.24) is 10.1 Å². The molecular weight excluding hydrogens is 259 g/mol. The zero-order valence-electron chi connectivity index (χ0n) is 10.5. The fourth-order valence-corrected chi connectivity index (χ4v) is 1.87. The lowest BCUT2D eigenvalue weighted by Crippen LogP contribution is -1.91. The minimum atomic E-state index is -0.276. The molecule has 0 fully saturated rings. The molecule has 3 aromatic rings. The zero-order valence-corrected chi connectivity index (χ0v) is 10.5. The van der Waals surface area contributed by atoms with Crippen LogP contribution in [0, 0.1) is 5.82 Å². The Morgan fingerprint density at radius 3 is 2.65 bits per heavy atom. The summed E-state index contributed by atoms with van der Waals surface area (Å²) in [5.74, 6) is 0.719. The number of phenols is 1. The van der Waals surface area contributed by atoms with E-state index in [-0.39, 0.29) is 11.6 Å². The number of aromatic hydroxyl groups is 1. The Bertz CT molecular complexity index is 723. The summed E-state index contributed by atoms with van der Waals surface area (Å²) < 4.78 is 18.0. The van der Waals surface area contributed by atoms with Crippen LogP contribution < -0.4 is 0 Å². The van der Waals surface area contributed by atoms with Gasteiger partial charge in [0.05, 0.1) is 0 Å². The van der Waals surface area contributed by atoms with Crippen LogP contribution in [-0.2, 0) is 6.42 Å². The zero-order chi connectivity index (χ0) is 13.9. The van der Waals surface area contributed by atoms with Gasteiger partial charge < -0.3 is 9.63 Å². The van der Waals surface area contributed by atoms with Crippen molar-refractivity contribution in [2.75, 3.05) is 0 Å². The van der Waals surface area contributed by atoms with Crippen LogP contribution in [0.3, 0.4) is 0 Å². The lowest BCUT2D eigenvalue weighted by molar-refractivity contribution is 0.423. The molecule has 0 aliphatic carbocycles. The molecule has 0 aliphatic heterocycles. The van der Waals surface area contributed by atoms with Gasteiger partial charge in [-0.3, -0.25) is 0 Å². The largest absolute Gasteiger partial charge is 0.508 e. The summed E-state index contributed by atoms with van der Waals surface area (Å²) in [5, 5.41) is 13.3. The lowest BCUT2D eigenvalue weighted by Gasteiger charge is -1.96. The summed E-state index contributed by atoms with van der Waals surface area (Å²) in [5.41, 5.74) is 1.55. The molecule has 4 nitrogen and oxygen atoms in total. The number of aromatic nitrogens is 2. The second-order valence-electron chi connectivity index (χ2n) is 4.37. The first-order valence-corrected chi connectivity index (χ1v) is 6.07. The van der Waals surface area contributed by atoms with E-state index in [0.29, 0.717) is 23.7 Å². The van der Waals surface area contributed by atoms with E-state index in [9.17, 15) is 9.50 Å². The van der Waals surface area contributed by atoms with Crippen molar-refractivity contribution < 1.29 is 14.0 Å². The van der Waals surface area contributed by atoms with E-state index in [1.165, 1.54) is 12.1 Å². The highest BCUT2D eigenvalue weighted by atomic mass is 19.1. The Labute approximate surface area is 114 Å². The van der Waals surface area contributed by atoms with Crippen LogP contribution in [-0.4, -0.2) is 15.2 Å². The van der Waals surface area contributed by atoms with Crippen LogP contribution >= 0.6 is 0 Å². The summed E-state index contributed by atoms with van der Waals surface area (Å²) in [6.45, 7) is 0. The summed E-state index contributed by atoms with van der Waals surface area (Å²) >= 11 is 0.